The van der Waals surface area contributed by atoms with Crippen molar-refractivity contribution in [1.82, 2.24) is 4.90 Å². The van der Waals surface area contributed by atoms with Gasteiger partial charge in [-0.15, -0.1) is 0 Å². The Morgan fingerprint density at radius 1 is 1.25 bits per heavy atom. The average Bonchev–Trinajstić information content (AvgIpc) is 2.98. The van der Waals surface area contributed by atoms with Crippen LogP contribution in [0.25, 0.3) is 16.5 Å². The van der Waals surface area contributed by atoms with Crippen LogP contribution >= 0.6 is 23.4 Å². The fourth-order valence-corrected chi connectivity index (χ4v) is 4.09. The van der Waals surface area contributed by atoms with Crippen LogP contribution in [0.3, 0.4) is 0 Å². The van der Waals surface area contributed by atoms with Crippen molar-refractivity contribution in [3.63, 3.8) is 0 Å². The molecular weight excluding hydrogens is 288 g/mol. The Balaban J connectivity index is 1.97. The summed E-state index contributed by atoms with van der Waals surface area (Å²) < 4.78 is 0. The van der Waals surface area contributed by atoms with Crippen molar-refractivity contribution in [2.75, 3.05) is 13.1 Å². The molecule has 2 aromatic carbocycles. The van der Waals surface area contributed by atoms with E-state index in [1.54, 1.807) is 11.8 Å². The van der Waals surface area contributed by atoms with E-state index in [9.17, 15) is 0 Å². The van der Waals surface area contributed by atoms with Crippen LogP contribution < -0.4 is 0 Å². The highest BCUT2D eigenvalue weighted by atomic mass is 35.5. The molecule has 0 saturated heterocycles. The van der Waals surface area contributed by atoms with Crippen LogP contribution in [0.1, 0.15) is 12.5 Å². The molecule has 2 aliphatic heterocycles. The summed E-state index contributed by atoms with van der Waals surface area (Å²) >= 11 is 7.96. The predicted octanol–water partition coefficient (Wildman–Crippen LogP) is 4.60. The maximum Gasteiger partial charge on any atom is 0.168 e. The normalized spacial score (nSPS) is 17.9. The van der Waals surface area contributed by atoms with E-state index in [2.05, 4.69) is 47.1 Å². The van der Waals surface area contributed by atoms with Crippen molar-refractivity contribution in [2.24, 2.45) is 4.99 Å². The summed E-state index contributed by atoms with van der Waals surface area (Å²) in [5.74, 6) is 0. The number of amidine groups is 1. The molecule has 2 aliphatic rings. The molecule has 2 heterocycles. The van der Waals surface area contributed by atoms with Crippen molar-refractivity contribution in [2.45, 2.75) is 6.92 Å². The number of thioether (sulfide) groups is 1. The Labute approximate surface area is 127 Å². The van der Waals surface area contributed by atoms with E-state index in [1.165, 1.54) is 26.9 Å². The number of nitrogens with zero attached hydrogens (tertiary/aromatic N) is 2. The highest BCUT2D eigenvalue weighted by Crippen LogP contribution is 2.43. The zero-order chi connectivity index (χ0) is 13.7. The molecule has 0 aromatic heterocycles. The minimum Gasteiger partial charge on any atom is -0.318 e. The Morgan fingerprint density at radius 2 is 2.15 bits per heavy atom. The van der Waals surface area contributed by atoms with Gasteiger partial charge in [0.1, 0.15) is 0 Å². The number of benzene rings is 2. The van der Waals surface area contributed by atoms with Crippen molar-refractivity contribution in [1.29, 1.82) is 0 Å². The van der Waals surface area contributed by atoms with Crippen molar-refractivity contribution < 1.29 is 0 Å². The molecule has 4 rings (SSSR count). The molecule has 0 spiro atoms. The topological polar surface area (TPSA) is 15.6 Å². The van der Waals surface area contributed by atoms with Crippen LogP contribution in [-0.2, 0) is 0 Å². The van der Waals surface area contributed by atoms with Crippen LogP contribution in [0.2, 0.25) is 5.02 Å². The molecule has 20 heavy (non-hydrogen) atoms. The van der Waals surface area contributed by atoms with Crippen LogP contribution in [-0.4, -0.2) is 23.2 Å². The standard InChI is InChI=1S/C16H13ClN2S/c1-10-15(19-8-7-18-16(19)20-10)13-4-2-3-11-5-6-12(17)9-14(11)13/h2-6,9H,7-8H2,1H3. The van der Waals surface area contributed by atoms with Gasteiger partial charge >= 0.3 is 0 Å². The molecule has 0 aliphatic carbocycles. The third-order valence-corrected chi connectivity index (χ3v) is 5.02. The summed E-state index contributed by atoms with van der Waals surface area (Å²) in [5, 5.41) is 4.35. The summed E-state index contributed by atoms with van der Waals surface area (Å²) in [7, 11) is 0. The number of rotatable bonds is 1. The zero-order valence-electron chi connectivity index (χ0n) is 11.1. The van der Waals surface area contributed by atoms with Gasteiger partial charge in [0.05, 0.1) is 12.2 Å². The summed E-state index contributed by atoms with van der Waals surface area (Å²) in [4.78, 5) is 8.20. The molecule has 0 atom stereocenters. The van der Waals surface area contributed by atoms with Gasteiger partial charge in [-0.3, -0.25) is 4.99 Å². The fourth-order valence-electron chi connectivity index (χ4n) is 2.88. The number of fused-ring (bicyclic) bond motifs is 2. The Morgan fingerprint density at radius 3 is 3.05 bits per heavy atom. The highest BCUT2D eigenvalue weighted by molar-refractivity contribution is 8.17. The molecule has 0 saturated carbocycles. The summed E-state index contributed by atoms with van der Waals surface area (Å²) in [6, 6.07) is 12.5. The van der Waals surface area contributed by atoms with Gasteiger partial charge < -0.3 is 4.90 Å². The van der Waals surface area contributed by atoms with Crippen LogP contribution in [0.15, 0.2) is 46.3 Å². The molecule has 4 heteroatoms. The second kappa shape index (κ2) is 4.54. The second-order valence-corrected chi connectivity index (χ2v) is 6.61. The van der Waals surface area contributed by atoms with Crippen LogP contribution in [0.5, 0.6) is 0 Å². The molecule has 2 aromatic rings. The average molecular weight is 301 g/mol. The molecule has 100 valence electrons. The Hall–Kier alpha value is -1.45. The first-order valence-electron chi connectivity index (χ1n) is 6.63. The fraction of sp³-hybridized carbons (Fsp3) is 0.188. The van der Waals surface area contributed by atoms with E-state index in [4.69, 9.17) is 11.6 Å². The lowest BCUT2D eigenvalue weighted by Gasteiger charge is -2.18. The van der Waals surface area contributed by atoms with Gasteiger partial charge in [0, 0.05) is 22.0 Å². The second-order valence-electron chi connectivity index (χ2n) is 4.99. The molecule has 0 unspecified atom stereocenters. The molecule has 0 fully saturated rings. The summed E-state index contributed by atoms with van der Waals surface area (Å²) in [6.07, 6.45) is 0. The van der Waals surface area contributed by atoms with E-state index >= 15 is 0 Å². The van der Waals surface area contributed by atoms with Gasteiger partial charge in [-0.05, 0) is 29.8 Å². The molecule has 0 radical (unpaired) electrons. The van der Waals surface area contributed by atoms with Gasteiger partial charge in [-0.1, -0.05) is 47.6 Å². The van der Waals surface area contributed by atoms with E-state index in [0.29, 0.717) is 0 Å². The van der Waals surface area contributed by atoms with Crippen molar-refractivity contribution in [3.8, 4) is 0 Å². The predicted molar refractivity (Wildman–Crippen MR) is 88.2 cm³/mol. The van der Waals surface area contributed by atoms with Crippen LogP contribution in [0, 0.1) is 0 Å². The number of hydrogen-bond donors (Lipinski definition) is 0. The van der Waals surface area contributed by atoms with Gasteiger partial charge in [0.2, 0.25) is 0 Å². The molecule has 0 bridgehead atoms. The van der Waals surface area contributed by atoms with Crippen molar-refractivity contribution in [3.05, 3.63) is 51.9 Å². The largest absolute Gasteiger partial charge is 0.318 e. The molecule has 0 N–H and O–H groups in total. The SMILES string of the molecule is CC1=C(c2cccc3ccc(Cl)cc23)N2CCN=C2S1. The number of aliphatic imine (C=N–C) groups is 1. The van der Waals surface area contributed by atoms with Gasteiger partial charge in [-0.25, -0.2) is 0 Å². The van der Waals surface area contributed by atoms with E-state index in [-0.39, 0.29) is 0 Å². The third-order valence-electron chi connectivity index (χ3n) is 3.75. The third kappa shape index (κ3) is 1.77. The van der Waals surface area contributed by atoms with E-state index in [1.807, 2.05) is 6.07 Å². The number of halogens is 1. The zero-order valence-corrected chi connectivity index (χ0v) is 12.6. The minimum absolute atomic E-state index is 0.782. The smallest absolute Gasteiger partial charge is 0.168 e. The highest BCUT2D eigenvalue weighted by Gasteiger charge is 2.31. The summed E-state index contributed by atoms with van der Waals surface area (Å²) in [5.41, 5.74) is 2.54. The first-order valence-corrected chi connectivity index (χ1v) is 7.83. The number of allylic oxidation sites excluding steroid dienone is 1. The lowest BCUT2D eigenvalue weighted by Crippen LogP contribution is -2.20. The number of hydrogen-bond acceptors (Lipinski definition) is 3. The van der Waals surface area contributed by atoms with Gasteiger partial charge in [0.25, 0.3) is 0 Å². The van der Waals surface area contributed by atoms with E-state index in [0.717, 1.165) is 23.3 Å². The molecule has 0 amide bonds. The quantitative estimate of drug-likeness (QED) is 0.765. The maximum absolute atomic E-state index is 6.19. The minimum atomic E-state index is 0.782. The monoisotopic (exact) mass is 300 g/mol. The molecule has 2 nitrogen and oxygen atoms in total. The lowest BCUT2D eigenvalue weighted by molar-refractivity contribution is 0.648. The van der Waals surface area contributed by atoms with Crippen molar-refractivity contribution >= 4 is 45.0 Å². The Bertz CT molecular complexity index is 779. The first kappa shape index (κ1) is 12.3. The maximum atomic E-state index is 6.19. The Kier molecular flexibility index (Phi) is 2.79. The van der Waals surface area contributed by atoms with Gasteiger partial charge in [-0.2, -0.15) is 0 Å². The van der Waals surface area contributed by atoms with Crippen LogP contribution in [0.4, 0.5) is 0 Å². The first-order chi connectivity index (χ1) is 9.74. The molecular formula is C16H13ClN2S. The summed E-state index contributed by atoms with van der Waals surface area (Å²) in [6.45, 7) is 4.04. The van der Waals surface area contributed by atoms with Gasteiger partial charge in [0.15, 0.2) is 5.17 Å². The van der Waals surface area contributed by atoms with E-state index < -0.39 is 0 Å². The lowest BCUT2D eigenvalue weighted by atomic mass is 10.0.